The predicted molar refractivity (Wildman–Crippen MR) is 77.4 cm³/mol. The molecule has 20 heavy (non-hydrogen) atoms. The molecule has 2 aromatic rings. The molecule has 0 aliphatic carbocycles. The minimum absolute atomic E-state index is 0.110. The Morgan fingerprint density at radius 1 is 1.50 bits per heavy atom. The smallest absolute Gasteiger partial charge is 0.272 e. The van der Waals surface area contributed by atoms with E-state index in [4.69, 9.17) is 0 Å². The average Bonchev–Trinajstić information content (AvgIpc) is 2.79. The fourth-order valence-corrected chi connectivity index (χ4v) is 2.74. The van der Waals surface area contributed by atoms with Crippen molar-refractivity contribution >= 4 is 32.7 Å². The summed E-state index contributed by atoms with van der Waals surface area (Å²) >= 11 is 3.34. The molecule has 7 heteroatoms. The van der Waals surface area contributed by atoms with Crippen molar-refractivity contribution in [1.82, 2.24) is 20.1 Å². The minimum Gasteiger partial charge on any atom is -0.390 e. The molecule has 0 radical (unpaired) electrons. The summed E-state index contributed by atoms with van der Waals surface area (Å²) in [6, 6.07) is 1.69. The van der Waals surface area contributed by atoms with Crippen LogP contribution in [0.15, 0.2) is 16.9 Å². The summed E-state index contributed by atoms with van der Waals surface area (Å²) < 4.78 is 0.757. The number of amides is 1. The van der Waals surface area contributed by atoms with E-state index in [0.717, 1.165) is 9.99 Å². The van der Waals surface area contributed by atoms with Crippen molar-refractivity contribution in [3.63, 3.8) is 0 Å². The lowest BCUT2D eigenvalue weighted by Gasteiger charge is -2.35. The van der Waals surface area contributed by atoms with Crippen LogP contribution in [0.4, 0.5) is 0 Å². The number of hydrogen-bond donors (Lipinski definition) is 2. The molecule has 3 rings (SSSR count). The number of halogens is 1. The highest BCUT2D eigenvalue weighted by molar-refractivity contribution is 9.10. The van der Waals surface area contributed by atoms with E-state index in [0.29, 0.717) is 37.1 Å². The van der Waals surface area contributed by atoms with E-state index in [1.54, 1.807) is 24.1 Å². The van der Waals surface area contributed by atoms with Crippen LogP contribution in [0, 0.1) is 0 Å². The summed E-state index contributed by atoms with van der Waals surface area (Å²) in [5.74, 6) is -0.110. The molecule has 0 aromatic carbocycles. The lowest BCUT2D eigenvalue weighted by molar-refractivity contribution is -0.00218. The van der Waals surface area contributed by atoms with Gasteiger partial charge in [0.05, 0.1) is 16.5 Å². The Labute approximate surface area is 124 Å². The van der Waals surface area contributed by atoms with E-state index >= 15 is 0 Å². The fourth-order valence-electron chi connectivity index (χ4n) is 2.35. The van der Waals surface area contributed by atoms with Crippen molar-refractivity contribution in [2.24, 2.45) is 0 Å². The van der Waals surface area contributed by atoms with E-state index in [1.165, 1.54) is 0 Å². The standard InChI is InChI=1S/C13H15BrN4O2/c1-13(20)2-4-18(5-3-13)12(19)10-6-9-8(7-15-10)11(14)17-16-9/h6-7,20H,2-5H2,1H3,(H,16,17). The van der Waals surface area contributed by atoms with Crippen LogP contribution in [0.2, 0.25) is 0 Å². The van der Waals surface area contributed by atoms with Crippen LogP contribution in [0.5, 0.6) is 0 Å². The fraction of sp³-hybridized carbons (Fsp3) is 0.462. The van der Waals surface area contributed by atoms with Gasteiger partial charge >= 0.3 is 0 Å². The normalized spacial score (nSPS) is 18.4. The predicted octanol–water partition coefficient (Wildman–Crippen LogP) is 1.71. The van der Waals surface area contributed by atoms with Gasteiger partial charge in [-0.05, 0) is 41.8 Å². The number of nitrogens with zero attached hydrogens (tertiary/aromatic N) is 3. The summed E-state index contributed by atoms with van der Waals surface area (Å²) in [5.41, 5.74) is 0.429. The minimum atomic E-state index is -0.665. The van der Waals surface area contributed by atoms with Crippen molar-refractivity contribution in [3.05, 3.63) is 22.6 Å². The Balaban J connectivity index is 1.82. The van der Waals surface area contributed by atoms with Gasteiger partial charge in [0.1, 0.15) is 10.3 Å². The number of pyridine rings is 1. The van der Waals surface area contributed by atoms with Crippen LogP contribution in [0.1, 0.15) is 30.3 Å². The van der Waals surface area contributed by atoms with Gasteiger partial charge in [-0.1, -0.05) is 0 Å². The Morgan fingerprint density at radius 2 is 2.20 bits per heavy atom. The summed E-state index contributed by atoms with van der Waals surface area (Å²) in [7, 11) is 0. The molecule has 1 saturated heterocycles. The van der Waals surface area contributed by atoms with Crippen molar-refractivity contribution in [1.29, 1.82) is 0 Å². The van der Waals surface area contributed by atoms with Gasteiger partial charge in [0, 0.05) is 19.3 Å². The van der Waals surface area contributed by atoms with Crippen molar-refractivity contribution in [2.45, 2.75) is 25.4 Å². The van der Waals surface area contributed by atoms with Gasteiger partial charge in [-0.25, -0.2) is 0 Å². The molecule has 0 saturated carbocycles. The number of carbonyl (C=O) groups is 1. The second-order valence-electron chi connectivity index (χ2n) is 5.41. The maximum absolute atomic E-state index is 12.4. The first-order valence-electron chi connectivity index (χ1n) is 6.47. The van der Waals surface area contributed by atoms with Gasteiger partial charge in [-0.2, -0.15) is 5.10 Å². The Hall–Kier alpha value is -1.47. The SMILES string of the molecule is CC1(O)CCN(C(=O)c2cc3n[nH]c(Br)c3cn2)CC1. The molecule has 2 N–H and O–H groups in total. The van der Waals surface area contributed by atoms with E-state index in [-0.39, 0.29) is 5.91 Å². The molecule has 0 unspecified atom stereocenters. The van der Waals surface area contributed by atoms with Gasteiger partial charge < -0.3 is 10.0 Å². The zero-order valence-corrected chi connectivity index (χ0v) is 12.6. The third kappa shape index (κ3) is 2.43. The lowest BCUT2D eigenvalue weighted by Crippen LogP contribution is -2.45. The Bertz CT molecular complexity index is 657. The summed E-state index contributed by atoms with van der Waals surface area (Å²) in [5, 5.41) is 17.7. The average molecular weight is 339 g/mol. The van der Waals surface area contributed by atoms with Crippen LogP contribution < -0.4 is 0 Å². The Kier molecular flexibility index (Phi) is 3.25. The first kappa shape index (κ1) is 13.5. The second kappa shape index (κ2) is 4.82. The van der Waals surface area contributed by atoms with Crippen molar-refractivity contribution in [3.8, 4) is 0 Å². The second-order valence-corrected chi connectivity index (χ2v) is 6.21. The van der Waals surface area contributed by atoms with Crippen LogP contribution in [0.25, 0.3) is 10.9 Å². The van der Waals surface area contributed by atoms with Gasteiger partial charge in [0.25, 0.3) is 5.91 Å². The zero-order chi connectivity index (χ0) is 14.3. The third-order valence-corrected chi connectivity index (χ3v) is 4.34. The highest BCUT2D eigenvalue weighted by Gasteiger charge is 2.30. The molecule has 106 valence electrons. The van der Waals surface area contributed by atoms with Crippen LogP contribution in [-0.4, -0.2) is 49.8 Å². The van der Waals surface area contributed by atoms with Crippen LogP contribution in [0.3, 0.4) is 0 Å². The van der Waals surface area contributed by atoms with E-state index in [1.807, 2.05) is 0 Å². The van der Waals surface area contributed by atoms with Gasteiger partial charge in [-0.3, -0.25) is 14.9 Å². The molecular formula is C13H15BrN4O2. The molecular weight excluding hydrogens is 324 g/mol. The number of aromatic amines is 1. The summed E-state index contributed by atoms with van der Waals surface area (Å²) in [6.07, 6.45) is 2.82. The number of carbonyl (C=O) groups excluding carboxylic acids is 1. The third-order valence-electron chi connectivity index (χ3n) is 3.74. The molecule has 1 amide bonds. The number of fused-ring (bicyclic) bond motifs is 1. The maximum atomic E-state index is 12.4. The largest absolute Gasteiger partial charge is 0.390 e. The lowest BCUT2D eigenvalue weighted by atomic mass is 9.94. The maximum Gasteiger partial charge on any atom is 0.272 e. The monoisotopic (exact) mass is 338 g/mol. The quantitative estimate of drug-likeness (QED) is 0.829. The van der Waals surface area contributed by atoms with Crippen LogP contribution >= 0.6 is 15.9 Å². The van der Waals surface area contributed by atoms with E-state index in [9.17, 15) is 9.90 Å². The molecule has 6 nitrogen and oxygen atoms in total. The Morgan fingerprint density at radius 3 is 2.90 bits per heavy atom. The van der Waals surface area contributed by atoms with Crippen molar-refractivity contribution < 1.29 is 9.90 Å². The summed E-state index contributed by atoms with van der Waals surface area (Å²) in [4.78, 5) is 18.3. The van der Waals surface area contributed by atoms with E-state index < -0.39 is 5.60 Å². The summed E-state index contributed by atoms with van der Waals surface area (Å²) in [6.45, 7) is 2.91. The van der Waals surface area contributed by atoms with Crippen LogP contribution in [-0.2, 0) is 0 Å². The number of likely N-dealkylation sites (tertiary alicyclic amines) is 1. The number of H-pyrrole nitrogens is 1. The molecule has 0 bridgehead atoms. The molecule has 0 atom stereocenters. The first-order valence-corrected chi connectivity index (χ1v) is 7.27. The molecule has 1 aliphatic rings. The highest BCUT2D eigenvalue weighted by Crippen LogP contribution is 2.24. The number of rotatable bonds is 1. The molecule has 3 heterocycles. The highest BCUT2D eigenvalue weighted by atomic mass is 79.9. The van der Waals surface area contributed by atoms with Gasteiger partial charge in [0.2, 0.25) is 0 Å². The number of aliphatic hydroxyl groups is 1. The number of hydrogen-bond acceptors (Lipinski definition) is 4. The van der Waals surface area contributed by atoms with Gasteiger partial charge in [0.15, 0.2) is 0 Å². The number of aromatic nitrogens is 3. The first-order chi connectivity index (χ1) is 9.46. The van der Waals surface area contributed by atoms with Gasteiger partial charge in [-0.15, -0.1) is 0 Å². The van der Waals surface area contributed by atoms with E-state index in [2.05, 4.69) is 31.1 Å². The zero-order valence-electron chi connectivity index (χ0n) is 11.1. The topological polar surface area (TPSA) is 82.1 Å². The molecule has 1 aliphatic heterocycles. The van der Waals surface area contributed by atoms with Crippen molar-refractivity contribution in [2.75, 3.05) is 13.1 Å². The molecule has 0 spiro atoms. The molecule has 1 fully saturated rings. The molecule has 2 aromatic heterocycles. The number of piperidine rings is 1. The number of nitrogens with one attached hydrogen (secondary N) is 1.